The lowest BCUT2D eigenvalue weighted by Gasteiger charge is -2.12. The van der Waals surface area contributed by atoms with Crippen LogP contribution in [0.15, 0.2) is 146 Å². The fourth-order valence-corrected chi connectivity index (χ4v) is 7.40. The van der Waals surface area contributed by atoms with E-state index in [4.69, 9.17) is 8.84 Å². The number of benzene rings is 7. The van der Waals surface area contributed by atoms with E-state index in [9.17, 15) is 0 Å². The first-order chi connectivity index (χ1) is 20.8. The molecule has 0 fully saturated rings. The molecule has 0 radical (unpaired) electrons. The summed E-state index contributed by atoms with van der Waals surface area (Å²) in [5, 5.41) is 6.96. The van der Waals surface area contributed by atoms with Gasteiger partial charge >= 0.3 is 18.2 Å². The molecule has 7 aromatic rings. The van der Waals surface area contributed by atoms with Gasteiger partial charge in [-0.05, 0) is 67.1 Å². The molecule has 1 heterocycles. The van der Waals surface area contributed by atoms with Gasteiger partial charge in [0.15, 0.2) is 0 Å². The number of nitrogens with zero attached hydrogens (tertiary/aromatic N) is 2. The minimum absolute atomic E-state index is 0.844. The normalized spacial score (nSPS) is 11.9. The summed E-state index contributed by atoms with van der Waals surface area (Å²) in [6.45, 7) is 2.14. The van der Waals surface area contributed by atoms with Gasteiger partial charge in [0, 0.05) is 8.84 Å². The molecule has 0 bridgehead atoms. The third-order valence-electron chi connectivity index (χ3n) is 8.20. The van der Waals surface area contributed by atoms with Crippen molar-refractivity contribution >= 4 is 29.1 Å². The summed E-state index contributed by atoms with van der Waals surface area (Å²) in [5.41, 5.74) is 9.57. The van der Waals surface area contributed by atoms with Gasteiger partial charge < -0.3 is 0 Å². The van der Waals surface area contributed by atoms with Gasteiger partial charge in [0.25, 0.3) is 0 Å². The summed E-state index contributed by atoms with van der Waals surface area (Å²) in [7, 11) is -0.844. The summed E-state index contributed by atoms with van der Waals surface area (Å²) in [6.07, 6.45) is 0. The van der Waals surface area contributed by atoms with E-state index in [0.717, 1.165) is 21.8 Å². The quantitative estimate of drug-likeness (QED) is 0.154. The number of hydrogen-bond donors (Lipinski definition) is 0. The van der Waals surface area contributed by atoms with E-state index in [0.29, 0.717) is 0 Å². The van der Waals surface area contributed by atoms with Crippen molar-refractivity contribution in [3.63, 3.8) is 0 Å². The molecule has 3 heteroatoms. The monoisotopic (exact) mass is 554 g/mol. The highest BCUT2D eigenvalue weighted by atomic mass is 31.1. The Morgan fingerprint density at radius 2 is 0.738 bits per heavy atom. The zero-order valence-electron chi connectivity index (χ0n) is 23.2. The van der Waals surface area contributed by atoms with Crippen LogP contribution in [0.3, 0.4) is 0 Å². The lowest BCUT2D eigenvalue weighted by molar-refractivity contribution is 1.29. The Bertz CT molecular complexity index is 2250. The van der Waals surface area contributed by atoms with Crippen molar-refractivity contribution in [1.29, 1.82) is 0 Å². The van der Waals surface area contributed by atoms with Gasteiger partial charge in [0.1, 0.15) is 6.66 Å². The van der Waals surface area contributed by atoms with E-state index in [2.05, 4.69) is 152 Å². The van der Waals surface area contributed by atoms with Crippen molar-refractivity contribution < 1.29 is 0 Å². The van der Waals surface area contributed by atoms with Gasteiger partial charge in [0.2, 0.25) is 0 Å². The van der Waals surface area contributed by atoms with Gasteiger partial charge in [-0.3, -0.25) is 0 Å². The maximum absolute atomic E-state index is 5.18. The Kier molecular flexibility index (Phi) is 5.85. The average molecular weight is 555 g/mol. The average Bonchev–Trinajstić information content (AvgIpc) is 3.45. The van der Waals surface area contributed by atoms with Crippen molar-refractivity contribution in [2.75, 3.05) is 6.66 Å². The molecule has 0 unspecified atom stereocenters. The Balaban J connectivity index is 1.42. The highest BCUT2D eigenvalue weighted by molar-refractivity contribution is 7.34. The first-order valence-electron chi connectivity index (χ1n) is 14.3. The molecule has 0 aliphatic carbocycles. The van der Waals surface area contributed by atoms with Gasteiger partial charge in [0.05, 0.1) is 11.1 Å². The molecule has 8 rings (SSSR count). The predicted molar refractivity (Wildman–Crippen MR) is 178 cm³/mol. The molecule has 42 heavy (non-hydrogen) atoms. The lowest BCUT2D eigenvalue weighted by Crippen LogP contribution is -2.31. The Labute approximate surface area is 244 Å². The van der Waals surface area contributed by atoms with E-state index in [1.165, 1.54) is 54.9 Å². The van der Waals surface area contributed by atoms with Crippen LogP contribution in [0.25, 0.3) is 66.1 Å². The molecular formula is C39H27N2P+2. The number of fused-ring (bicyclic) bond motifs is 3. The highest BCUT2D eigenvalue weighted by Gasteiger charge is 2.28. The summed E-state index contributed by atoms with van der Waals surface area (Å²) in [6, 6.07) is 52.2. The van der Waals surface area contributed by atoms with Gasteiger partial charge in [-0.1, -0.05) is 133 Å². The van der Waals surface area contributed by atoms with E-state index in [1.54, 1.807) is 0 Å². The summed E-state index contributed by atoms with van der Waals surface area (Å²) >= 11 is 0. The Morgan fingerprint density at radius 3 is 1.14 bits per heavy atom. The minimum atomic E-state index is -0.844. The van der Waals surface area contributed by atoms with Crippen molar-refractivity contribution in [2.45, 2.75) is 0 Å². The molecular weight excluding hydrogens is 527 g/mol. The molecule has 1 aliphatic rings. The van der Waals surface area contributed by atoms with Crippen LogP contribution in [0.5, 0.6) is 0 Å². The van der Waals surface area contributed by atoms with Crippen molar-refractivity contribution in [2.24, 2.45) is 0 Å². The van der Waals surface area contributed by atoms with Crippen LogP contribution < -0.4 is 19.6 Å². The smallest absolute Gasteiger partial charge is 0.0622 e. The third-order valence-corrected chi connectivity index (χ3v) is 9.18. The summed E-state index contributed by atoms with van der Waals surface area (Å²) < 4.78 is 10.4. The second-order valence-electron chi connectivity index (χ2n) is 10.7. The zero-order valence-corrected chi connectivity index (χ0v) is 24.1. The van der Waals surface area contributed by atoms with E-state index >= 15 is 0 Å². The topological polar surface area (TPSA) is 28.2 Å². The van der Waals surface area contributed by atoms with Crippen LogP contribution in [0, 0.1) is 0 Å². The Hall–Kier alpha value is -5.22. The molecule has 0 saturated heterocycles. The molecule has 0 N–H and O–H groups in total. The van der Waals surface area contributed by atoms with Crippen molar-refractivity contribution in [1.82, 2.24) is 8.84 Å². The van der Waals surface area contributed by atoms with Gasteiger partial charge in [-0.2, -0.15) is 0 Å². The van der Waals surface area contributed by atoms with Crippen molar-refractivity contribution in [3.8, 4) is 44.5 Å². The zero-order chi connectivity index (χ0) is 28.0. The molecule has 0 aromatic heterocycles. The standard InChI is InChI=1S/C39H27N2P/c1-42-40-38-34(32-22-10-18-28-16-8-20-30(36(28)32)26-12-4-2-5-13-26)24-25-35(39(38)41-42)33-23-11-19-29-17-9-21-31(37(29)33)27-14-6-3-7-15-27/h2-25H,1H3/q+2. The first kappa shape index (κ1) is 24.6. The predicted octanol–water partition coefficient (Wildman–Crippen LogP) is 8.53. The minimum Gasteiger partial charge on any atom is -0.0622 e. The van der Waals surface area contributed by atoms with Crippen LogP contribution >= 0.6 is 7.51 Å². The maximum atomic E-state index is 5.18. The summed E-state index contributed by atoms with van der Waals surface area (Å²) in [5.74, 6) is 0. The molecule has 0 spiro atoms. The van der Waals surface area contributed by atoms with E-state index in [-0.39, 0.29) is 0 Å². The van der Waals surface area contributed by atoms with Crippen molar-refractivity contribution in [3.05, 3.63) is 156 Å². The summed E-state index contributed by atoms with van der Waals surface area (Å²) in [4.78, 5) is 0. The van der Waals surface area contributed by atoms with E-state index in [1.807, 2.05) is 0 Å². The van der Waals surface area contributed by atoms with Crippen LogP contribution in [-0.4, -0.2) is 6.66 Å². The fourth-order valence-electron chi connectivity index (χ4n) is 6.38. The SMILES string of the molecule is CP1=[N+]=c2c(-c3cccc4cccc(-c5ccccc5)c34)ccc(-c3cccc4cccc(-c5ccccc5)c34)c2=[N+]=1. The van der Waals surface area contributed by atoms with Crippen LogP contribution in [-0.2, 0) is 0 Å². The molecule has 0 atom stereocenters. The fraction of sp³-hybridized carbons (Fsp3) is 0.0256. The lowest BCUT2D eigenvalue weighted by atomic mass is 9.88. The molecule has 0 amide bonds. The first-order valence-corrected chi connectivity index (χ1v) is 15.9. The van der Waals surface area contributed by atoms with Crippen LogP contribution in [0.1, 0.15) is 0 Å². The number of rotatable bonds is 4. The van der Waals surface area contributed by atoms with Gasteiger partial charge in [-0.15, -0.1) is 0 Å². The molecule has 7 aromatic carbocycles. The molecule has 1 aliphatic heterocycles. The largest absolute Gasteiger partial charge is 0.637 e. The molecule has 2 nitrogen and oxygen atoms in total. The van der Waals surface area contributed by atoms with Gasteiger partial charge in [-0.25, -0.2) is 0 Å². The molecule has 196 valence electrons. The third kappa shape index (κ3) is 3.99. The van der Waals surface area contributed by atoms with Crippen LogP contribution in [0.4, 0.5) is 0 Å². The molecule has 0 saturated carbocycles. The van der Waals surface area contributed by atoms with E-state index < -0.39 is 7.51 Å². The maximum Gasteiger partial charge on any atom is 0.637 e. The second kappa shape index (κ2) is 10.0. The number of hydrogen-bond acceptors (Lipinski definition) is 0. The highest BCUT2D eigenvalue weighted by Crippen LogP contribution is 2.38. The Morgan fingerprint density at radius 1 is 0.357 bits per heavy atom. The van der Waals surface area contributed by atoms with Crippen LogP contribution in [0.2, 0.25) is 0 Å². The second-order valence-corrected chi connectivity index (χ2v) is 12.1.